The third kappa shape index (κ3) is 2.25. The lowest BCUT2D eigenvalue weighted by molar-refractivity contribution is -0.0865. The highest BCUT2D eigenvalue weighted by Crippen LogP contribution is 2.44. The molecular formula is C15H23NO2. The van der Waals surface area contributed by atoms with Gasteiger partial charge in [-0.25, -0.2) is 0 Å². The molecule has 0 radical (unpaired) electrons. The quantitative estimate of drug-likeness (QED) is 0.892. The third-order valence-corrected chi connectivity index (χ3v) is 4.22. The number of benzene rings is 1. The minimum absolute atomic E-state index is 0.235. The Morgan fingerprint density at radius 1 is 1.33 bits per heavy atom. The van der Waals surface area contributed by atoms with Crippen LogP contribution in [0, 0.1) is 5.92 Å². The summed E-state index contributed by atoms with van der Waals surface area (Å²) in [6.45, 7) is 0.672. The van der Waals surface area contributed by atoms with E-state index in [0.29, 0.717) is 12.5 Å². The van der Waals surface area contributed by atoms with Gasteiger partial charge in [-0.2, -0.15) is 0 Å². The van der Waals surface area contributed by atoms with Crippen LogP contribution in [-0.2, 0) is 10.3 Å². The Hall–Kier alpha value is -1.06. The highest BCUT2D eigenvalue weighted by atomic mass is 16.5. The van der Waals surface area contributed by atoms with Crippen LogP contribution in [0.25, 0.3) is 0 Å². The maximum absolute atomic E-state index is 5.95. The standard InChI is InChI=1S/C15H23NO2/c1-17-14-8-5-7-12(10-14)15(18-2)9-4-3-6-13(15)11-16/h5,7-8,10,13H,3-4,6,9,11,16H2,1-2H3/t13-,15-/m0/s1. The van der Waals surface area contributed by atoms with E-state index in [1.165, 1.54) is 18.4 Å². The predicted molar refractivity (Wildman–Crippen MR) is 72.7 cm³/mol. The normalized spacial score (nSPS) is 28.1. The SMILES string of the molecule is COc1cccc([C@@]2(OC)CCCC[C@H]2CN)c1. The van der Waals surface area contributed by atoms with Crippen molar-refractivity contribution in [3.8, 4) is 5.75 Å². The van der Waals surface area contributed by atoms with Gasteiger partial charge in [0, 0.05) is 13.0 Å². The highest BCUT2D eigenvalue weighted by molar-refractivity contribution is 5.33. The molecule has 0 heterocycles. The van der Waals surface area contributed by atoms with Gasteiger partial charge >= 0.3 is 0 Å². The zero-order valence-electron chi connectivity index (χ0n) is 11.3. The van der Waals surface area contributed by atoms with Gasteiger partial charge in [0.05, 0.1) is 12.7 Å². The van der Waals surface area contributed by atoms with E-state index in [9.17, 15) is 0 Å². The van der Waals surface area contributed by atoms with Crippen LogP contribution in [0.2, 0.25) is 0 Å². The fourth-order valence-corrected chi connectivity index (χ4v) is 3.18. The van der Waals surface area contributed by atoms with E-state index in [2.05, 4.69) is 12.1 Å². The van der Waals surface area contributed by atoms with Gasteiger partial charge in [0.2, 0.25) is 0 Å². The van der Waals surface area contributed by atoms with E-state index in [1.807, 2.05) is 12.1 Å². The molecule has 1 aliphatic rings. The fourth-order valence-electron chi connectivity index (χ4n) is 3.18. The zero-order valence-corrected chi connectivity index (χ0v) is 11.3. The summed E-state index contributed by atoms with van der Waals surface area (Å²) in [5, 5.41) is 0. The first kappa shape index (κ1) is 13.4. The number of hydrogen-bond donors (Lipinski definition) is 1. The molecule has 0 spiro atoms. The average Bonchev–Trinajstić information content (AvgIpc) is 2.47. The number of ether oxygens (including phenoxy) is 2. The summed E-state index contributed by atoms with van der Waals surface area (Å²) >= 11 is 0. The first-order valence-corrected chi connectivity index (χ1v) is 6.66. The molecule has 0 saturated heterocycles. The molecule has 1 aromatic carbocycles. The topological polar surface area (TPSA) is 44.5 Å². The van der Waals surface area contributed by atoms with Crippen LogP contribution in [0.5, 0.6) is 5.75 Å². The molecule has 1 aliphatic carbocycles. The van der Waals surface area contributed by atoms with Crippen LogP contribution in [0.1, 0.15) is 31.2 Å². The van der Waals surface area contributed by atoms with Gasteiger partial charge in [0.1, 0.15) is 5.75 Å². The van der Waals surface area contributed by atoms with Crippen LogP contribution < -0.4 is 10.5 Å². The van der Waals surface area contributed by atoms with Gasteiger partial charge < -0.3 is 15.2 Å². The Morgan fingerprint density at radius 3 is 2.83 bits per heavy atom. The first-order chi connectivity index (χ1) is 8.76. The molecule has 2 atom stereocenters. The van der Waals surface area contributed by atoms with Crippen molar-refractivity contribution < 1.29 is 9.47 Å². The Kier molecular flexibility index (Phi) is 4.25. The molecule has 2 rings (SSSR count). The summed E-state index contributed by atoms with van der Waals surface area (Å²) in [7, 11) is 3.49. The molecule has 1 aromatic rings. The van der Waals surface area contributed by atoms with Gasteiger partial charge in [0.15, 0.2) is 0 Å². The van der Waals surface area contributed by atoms with Crippen LogP contribution >= 0.6 is 0 Å². The van der Waals surface area contributed by atoms with Crippen molar-refractivity contribution in [2.45, 2.75) is 31.3 Å². The summed E-state index contributed by atoms with van der Waals surface area (Å²) < 4.78 is 11.2. The molecular weight excluding hydrogens is 226 g/mol. The number of rotatable bonds is 4. The van der Waals surface area contributed by atoms with Gasteiger partial charge in [-0.3, -0.25) is 0 Å². The number of nitrogens with two attached hydrogens (primary N) is 1. The lowest BCUT2D eigenvalue weighted by Gasteiger charge is -2.43. The van der Waals surface area contributed by atoms with Crippen molar-refractivity contribution in [2.75, 3.05) is 20.8 Å². The van der Waals surface area contributed by atoms with Crippen molar-refractivity contribution in [1.82, 2.24) is 0 Å². The minimum Gasteiger partial charge on any atom is -0.497 e. The van der Waals surface area contributed by atoms with Gasteiger partial charge in [0.25, 0.3) is 0 Å². The van der Waals surface area contributed by atoms with Crippen molar-refractivity contribution in [1.29, 1.82) is 0 Å². The Bertz CT molecular complexity index is 394. The molecule has 0 aliphatic heterocycles. The molecule has 18 heavy (non-hydrogen) atoms. The molecule has 2 N–H and O–H groups in total. The lowest BCUT2D eigenvalue weighted by atomic mass is 9.71. The number of methoxy groups -OCH3 is 2. The summed E-state index contributed by atoms with van der Waals surface area (Å²) in [4.78, 5) is 0. The van der Waals surface area contributed by atoms with Crippen LogP contribution in [-0.4, -0.2) is 20.8 Å². The Labute approximate surface area is 109 Å². The second-order valence-electron chi connectivity index (χ2n) is 5.00. The monoisotopic (exact) mass is 249 g/mol. The molecule has 0 amide bonds. The van der Waals surface area contributed by atoms with E-state index >= 15 is 0 Å². The molecule has 1 fully saturated rings. The average molecular weight is 249 g/mol. The van der Waals surface area contributed by atoms with Crippen molar-refractivity contribution in [3.63, 3.8) is 0 Å². The largest absolute Gasteiger partial charge is 0.497 e. The molecule has 100 valence electrons. The maximum atomic E-state index is 5.95. The minimum atomic E-state index is -0.235. The fraction of sp³-hybridized carbons (Fsp3) is 0.600. The van der Waals surface area contributed by atoms with Crippen molar-refractivity contribution in [3.05, 3.63) is 29.8 Å². The van der Waals surface area contributed by atoms with Crippen LogP contribution in [0.3, 0.4) is 0 Å². The molecule has 0 aromatic heterocycles. The predicted octanol–water partition coefficient (Wildman–Crippen LogP) is 2.69. The molecule has 0 unspecified atom stereocenters. The molecule has 3 nitrogen and oxygen atoms in total. The zero-order chi connectivity index (χ0) is 13.0. The second kappa shape index (κ2) is 5.72. The van der Waals surface area contributed by atoms with E-state index in [0.717, 1.165) is 18.6 Å². The van der Waals surface area contributed by atoms with Crippen LogP contribution in [0.15, 0.2) is 24.3 Å². The number of hydrogen-bond acceptors (Lipinski definition) is 3. The maximum Gasteiger partial charge on any atom is 0.119 e. The smallest absolute Gasteiger partial charge is 0.119 e. The van der Waals surface area contributed by atoms with Crippen LogP contribution in [0.4, 0.5) is 0 Å². The van der Waals surface area contributed by atoms with Crippen molar-refractivity contribution >= 4 is 0 Å². The van der Waals surface area contributed by atoms with E-state index in [4.69, 9.17) is 15.2 Å². The van der Waals surface area contributed by atoms with E-state index in [-0.39, 0.29) is 5.60 Å². The van der Waals surface area contributed by atoms with Gasteiger partial charge in [-0.1, -0.05) is 25.0 Å². The lowest BCUT2D eigenvalue weighted by Crippen LogP contribution is -2.43. The third-order valence-electron chi connectivity index (χ3n) is 4.22. The van der Waals surface area contributed by atoms with E-state index in [1.54, 1.807) is 14.2 Å². The van der Waals surface area contributed by atoms with Gasteiger partial charge in [-0.05, 0) is 37.1 Å². The van der Waals surface area contributed by atoms with Gasteiger partial charge in [-0.15, -0.1) is 0 Å². The summed E-state index contributed by atoms with van der Waals surface area (Å²) in [6.07, 6.45) is 4.62. The highest BCUT2D eigenvalue weighted by Gasteiger charge is 2.41. The Morgan fingerprint density at radius 2 is 2.17 bits per heavy atom. The molecule has 0 bridgehead atoms. The summed E-state index contributed by atoms with van der Waals surface area (Å²) in [6, 6.07) is 8.20. The summed E-state index contributed by atoms with van der Waals surface area (Å²) in [5.41, 5.74) is 6.91. The first-order valence-electron chi connectivity index (χ1n) is 6.66. The van der Waals surface area contributed by atoms with Crippen molar-refractivity contribution in [2.24, 2.45) is 11.7 Å². The Balaban J connectivity index is 2.40. The summed E-state index contributed by atoms with van der Waals surface area (Å²) in [5.74, 6) is 1.27. The molecule has 1 saturated carbocycles. The molecule has 3 heteroatoms. The van der Waals surface area contributed by atoms with E-state index < -0.39 is 0 Å². The second-order valence-corrected chi connectivity index (χ2v) is 5.00.